The molecular weight excluding hydrogens is 430 g/mol. The highest BCUT2D eigenvalue weighted by molar-refractivity contribution is 6.03. The second-order valence-electron chi connectivity index (χ2n) is 10.3. The van der Waals surface area contributed by atoms with Crippen LogP contribution in [0.4, 0.5) is 0 Å². The molecule has 1 aliphatic heterocycles. The molecule has 3 aliphatic rings. The Hall–Kier alpha value is -3.19. The number of carbonyl (C=O) groups excluding carboxylic acids is 2. The average Bonchev–Trinajstić information content (AvgIpc) is 3.39. The van der Waals surface area contributed by atoms with Crippen molar-refractivity contribution in [1.29, 1.82) is 0 Å². The molecule has 2 heterocycles. The fraction of sp³-hybridized carbons (Fsp3) is 0.444. The van der Waals surface area contributed by atoms with Gasteiger partial charge in [-0.15, -0.1) is 0 Å². The Balaban J connectivity index is 1.18. The van der Waals surface area contributed by atoms with Gasteiger partial charge < -0.3 is 19.8 Å². The van der Waals surface area contributed by atoms with E-state index in [4.69, 9.17) is 4.52 Å². The molecule has 7 heteroatoms. The second-order valence-corrected chi connectivity index (χ2v) is 10.3. The number of hydrogen-bond acceptors (Lipinski definition) is 5. The SMILES string of the molecule is O=C(NC1CC2(CCN(C(=O)CC3(O)CCC3)CC2)c2ccccc21)c1onc2ccccc12. The minimum Gasteiger partial charge on any atom is -0.389 e. The summed E-state index contributed by atoms with van der Waals surface area (Å²) in [6, 6.07) is 15.6. The number of rotatable bonds is 4. The number of amides is 2. The van der Waals surface area contributed by atoms with Crippen molar-refractivity contribution in [3.63, 3.8) is 0 Å². The molecule has 34 heavy (non-hydrogen) atoms. The zero-order chi connectivity index (χ0) is 23.3. The fourth-order valence-corrected chi connectivity index (χ4v) is 6.11. The summed E-state index contributed by atoms with van der Waals surface area (Å²) in [6.07, 6.45) is 5.20. The number of piperidine rings is 1. The van der Waals surface area contributed by atoms with Gasteiger partial charge in [-0.25, -0.2) is 0 Å². The Morgan fingerprint density at radius 3 is 2.56 bits per heavy atom. The third kappa shape index (κ3) is 3.50. The highest BCUT2D eigenvalue weighted by Crippen LogP contribution is 2.51. The zero-order valence-corrected chi connectivity index (χ0v) is 19.1. The molecule has 7 nitrogen and oxygen atoms in total. The van der Waals surface area contributed by atoms with Crippen molar-refractivity contribution in [1.82, 2.24) is 15.4 Å². The van der Waals surface area contributed by atoms with Crippen LogP contribution < -0.4 is 5.32 Å². The van der Waals surface area contributed by atoms with Gasteiger partial charge in [-0.2, -0.15) is 0 Å². The molecule has 2 aliphatic carbocycles. The van der Waals surface area contributed by atoms with Crippen molar-refractivity contribution < 1.29 is 19.2 Å². The average molecular weight is 460 g/mol. The van der Waals surface area contributed by atoms with Gasteiger partial charge in [0.15, 0.2) is 0 Å². The van der Waals surface area contributed by atoms with Gasteiger partial charge in [0.25, 0.3) is 5.91 Å². The molecule has 2 amide bonds. The van der Waals surface area contributed by atoms with Gasteiger partial charge in [0.05, 0.1) is 23.4 Å². The molecule has 1 saturated carbocycles. The first-order valence-electron chi connectivity index (χ1n) is 12.2. The van der Waals surface area contributed by atoms with Crippen molar-refractivity contribution in [2.24, 2.45) is 0 Å². The molecule has 1 atom stereocenters. The van der Waals surface area contributed by atoms with Crippen LogP contribution in [0, 0.1) is 0 Å². The maximum absolute atomic E-state index is 13.1. The number of aliphatic hydroxyl groups is 1. The Morgan fingerprint density at radius 1 is 1.06 bits per heavy atom. The van der Waals surface area contributed by atoms with Crippen LogP contribution in [0.5, 0.6) is 0 Å². The van der Waals surface area contributed by atoms with Crippen LogP contribution in [0.2, 0.25) is 0 Å². The van der Waals surface area contributed by atoms with Gasteiger partial charge in [-0.1, -0.05) is 41.6 Å². The Kier molecular flexibility index (Phi) is 4.99. The second kappa shape index (κ2) is 7.94. The van der Waals surface area contributed by atoms with Crippen molar-refractivity contribution >= 4 is 22.7 Å². The van der Waals surface area contributed by atoms with Crippen molar-refractivity contribution in [2.45, 2.75) is 62.0 Å². The highest BCUT2D eigenvalue weighted by atomic mass is 16.5. The van der Waals surface area contributed by atoms with Crippen LogP contribution >= 0.6 is 0 Å². The van der Waals surface area contributed by atoms with E-state index < -0.39 is 5.60 Å². The topological polar surface area (TPSA) is 95.7 Å². The highest BCUT2D eigenvalue weighted by Gasteiger charge is 2.47. The van der Waals surface area contributed by atoms with Crippen molar-refractivity contribution in [3.8, 4) is 0 Å². The summed E-state index contributed by atoms with van der Waals surface area (Å²) >= 11 is 0. The number of fused-ring (bicyclic) bond motifs is 3. The summed E-state index contributed by atoms with van der Waals surface area (Å²) < 4.78 is 5.38. The van der Waals surface area contributed by atoms with Gasteiger partial charge in [0, 0.05) is 18.5 Å². The lowest BCUT2D eigenvalue weighted by Gasteiger charge is -2.42. The summed E-state index contributed by atoms with van der Waals surface area (Å²) in [7, 11) is 0. The van der Waals surface area contributed by atoms with Gasteiger partial charge in [-0.3, -0.25) is 9.59 Å². The molecule has 0 radical (unpaired) electrons. The number of carbonyl (C=O) groups is 2. The third-order valence-corrected chi connectivity index (χ3v) is 8.24. The summed E-state index contributed by atoms with van der Waals surface area (Å²) in [4.78, 5) is 27.9. The lowest BCUT2D eigenvalue weighted by Crippen LogP contribution is -2.48. The van der Waals surface area contributed by atoms with Crippen molar-refractivity contribution in [3.05, 3.63) is 65.4 Å². The smallest absolute Gasteiger partial charge is 0.291 e. The minimum absolute atomic E-state index is 0.0605. The number of hydrogen-bond donors (Lipinski definition) is 2. The monoisotopic (exact) mass is 459 g/mol. The quantitative estimate of drug-likeness (QED) is 0.618. The van der Waals surface area contributed by atoms with E-state index in [9.17, 15) is 14.7 Å². The van der Waals surface area contributed by atoms with E-state index in [-0.39, 0.29) is 35.5 Å². The summed E-state index contributed by atoms with van der Waals surface area (Å²) in [5.74, 6) is 0.0423. The van der Waals surface area contributed by atoms with Gasteiger partial charge in [0.1, 0.15) is 5.52 Å². The fourth-order valence-electron chi connectivity index (χ4n) is 6.11. The number of nitrogens with one attached hydrogen (secondary N) is 1. The lowest BCUT2D eigenvalue weighted by atomic mass is 9.73. The van der Waals surface area contributed by atoms with Gasteiger partial charge in [0.2, 0.25) is 11.7 Å². The van der Waals surface area contributed by atoms with Crippen LogP contribution in [-0.4, -0.2) is 45.7 Å². The first kappa shape index (κ1) is 21.4. The normalized spacial score (nSPS) is 22.4. The van der Waals surface area contributed by atoms with E-state index in [0.717, 1.165) is 44.1 Å². The van der Waals surface area contributed by atoms with Crippen LogP contribution in [0.1, 0.15) is 72.7 Å². The van der Waals surface area contributed by atoms with Crippen LogP contribution in [0.15, 0.2) is 53.1 Å². The number of aromatic nitrogens is 1. The molecule has 1 unspecified atom stereocenters. The minimum atomic E-state index is -0.785. The maximum atomic E-state index is 13.1. The predicted molar refractivity (Wildman–Crippen MR) is 126 cm³/mol. The molecule has 6 rings (SSSR count). The van der Waals surface area contributed by atoms with E-state index >= 15 is 0 Å². The molecule has 2 N–H and O–H groups in total. The van der Waals surface area contributed by atoms with Crippen LogP contribution in [-0.2, 0) is 10.2 Å². The summed E-state index contributed by atoms with van der Waals surface area (Å²) in [5.41, 5.74) is 2.23. The lowest BCUT2D eigenvalue weighted by molar-refractivity contribution is -0.142. The van der Waals surface area contributed by atoms with E-state index in [1.54, 1.807) is 0 Å². The Labute approximate surface area is 198 Å². The third-order valence-electron chi connectivity index (χ3n) is 8.24. The summed E-state index contributed by atoms with van der Waals surface area (Å²) in [5, 5.41) is 18.3. The largest absolute Gasteiger partial charge is 0.389 e. The first-order valence-corrected chi connectivity index (χ1v) is 12.2. The number of benzene rings is 2. The molecule has 1 aromatic heterocycles. The molecule has 2 fully saturated rings. The first-order chi connectivity index (χ1) is 16.5. The predicted octanol–water partition coefficient (Wildman–Crippen LogP) is 3.87. The zero-order valence-electron chi connectivity index (χ0n) is 19.1. The standard InChI is InChI=1S/C27H29N3O4/c31-23(17-27(33)10-5-11-27)30-14-12-26(13-15-30)16-22(18-6-1-3-8-20(18)26)28-25(32)24-19-7-2-4-9-21(19)29-34-24/h1-4,6-9,22,33H,5,10-17H2,(H,28,32). The maximum Gasteiger partial charge on any atom is 0.291 e. The van der Waals surface area contributed by atoms with Gasteiger partial charge in [-0.05, 0) is 61.8 Å². The van der Waals surface area contributed by atoms with E-state index in [1.807, 2.05) is 35.2 Å². The van der Waals surface area contributed by atoms with E-state index in [0.29, 0.717) is 24.0 Å². The molecule has 0 bridgehead atoms. The van der Waals surface area contributed by atoms with E-state index in [1.165, 1.54) is 5.56 Å². The number of likely N-dealkylation sites (tertiary alicyclic amines) is 1. The van der Waals surface area contributed by atoms with Crippen molar-refractivity contribution in [2.75, 3.05) is 13.1 Å². The molecule has 1 saturated heterocycles. The molecule has 2 aromatic carbocycles. The summed E-state index contributed by atoms with van der Waals surface area (Å²) in [6.45, 7) is 1.35. The molecule has 176 valence electrons. The number of nitrogens with zero attached hydrogens (tertiary/aromatic N) is 2. The molecule has 3 aromatic rings. The Morgan fingerprint density at radius 2 is 1.79 bits per heavy atom. The molecule has 1 spiro atoms. The Bertz CT molecular complexity index is 1250. The van der Waals surface area contributed by atoms with Crippen LogP contribution in [0.25, 0.3) is 10.9 Å². The van der Waals surface area contributed by atoms with Gasteiger partial charge >= 0.3 is 0 Å². The van der Waals surface area contributed by atoms with E-state index in [2.05, 4.69) is 28.7 Å². The molecular formula is C27H29N3O4. The van der Waals surface area contributed by atoms with Crippen LogP contribution in [0.3, 0.4) is 0 Å².